The number of unbranched alkanes of at least 4 members (excludes halogenated alkanes) is 1. The zero-order valence-corrected chi connectivity index (χ0v) is 13.8. The molecule has 16 heavy (non-hydrogen) atoms. The normalized spacial score (nSPS) is 9.12. The van der Waals surface area contributed by atoms with E-state index in [1.807, 2.05) is 41.5 Å². The molecule has 0 atom stereocenters. The fourth-order valence-corrected chi connectivity index (χ4v) is 0.721. The molecular formula is C16H38. The second-order valence-electron chi connectivity index (χ2n) is 4.02. The van der Waals surface area contributed by atoms with E-state index in [4.69, 9.17) is 0 Å². The number of hydrogen-bond donors (Lipinski definition) is 0. The molecular weight excluding hydrogens is 192 g/mol. The average Bonchev–Trinajstić information content (AvgIpc) is 2.31. The number of rotatable bonds is 3. The molecule has 0 heterocycles. The van der Waals surface area contributed by atoms with Gasteiger partial charge in [-0.05, 0) is 18.3 Å². The maximum atomic E-state index is 2.30. The van der Waals surface area contributed by atoms with Crippen molar-refractivity contribution in [3.05, 3.63) is 12.2 Å². The Bertz CT molecular complexity index is 93.1. The first kappa shape index (κ1) is 24.8. The highest BCUT2D eigenvalue weighted by atomic mass is 14.1. The van der Waals surface area contributed by atoms with Crippen molar-refractivity contribution in [2.24, 2.45) is 5.41 Å². The molecule has 0 aliphatic heterocycles. The van der Waals surface area contributed by atoms with Gasteiger partial charge in [0, 0.05) is 0 Å². The van der Waals surface area contributed by atoms with Gasteiger partial charge in [-0.25, -0.2) is 0 Å². The topological polar surface area (TPSA) is 0 Å². The molecule has 0 bridgehead atoms. The van der Waals surface area contributed by atoms with Crippen molar-refractivity contribution in [1.29, 1.82) is 0 Å². The molecule has 102 valence electrons. The van der Waals surface area contributed by atoms with Crippen molar-refractivity contribution in [2.75, 3.05) is 0 Å². The first-order valence-corrected chi connectivity index (χ1v) is 7.21. The Morgan fingerprint density at radius 2 is 1.12 bits per heavy atom. The summed E-state index contributed by atoms with van der Waals surface area (Å²) in [6.45, 7) is 21.0. The fraction of sp³-hybridized carbons (Fsp3) is 0.875. The van der Waals surface area contributed by atoms with E-state index in [0.717, 1.165) is 0 Å². The van der Waals surface area contributed by atoms with Crippen LogP contribution >= 0.6 is 0 Å². The van der Waals surface area contributed by atoms with Gasteiger partial charge < -0.3 is 0 Å². The van der Waals surface area contributed by atoms with Crippen molar-refractivity contribution in [2.45, 2.75) is 88.5 Å². The van der Waals surface area contributed by atoms with E-state index in [0.29, 0.717) is 5.41 Å². The molecule has 0 aromatic rings. The lowest BCUT2D eigenvalue weighted by Gasteiger charge is -2.14. The summed E-state index contributed by atoms with van der Waals surface area (Å²) in [5.74, 6) is 0. The minimum absolute atomic E-state index is 0.463. The largest absolute Gasteiger partial charge is 0.0885 e. The van der Waals surface area contributed by atoms with E-state index < -0.39 is 0 Å². The molecule has 0 fully saturated rings. The van der Waals surface area contributed by atoms with E-state index >= 15 is 0 Å². The molecule has 0 radical (unpaired) electrons. The van der Waals surface area contributed by atoms with Gasteiger partial charge in [-0.3, -0.25) is 0 Å². The molecule has 0 heteroatoms. The molecule has 0 rings (SSSR count). The highest BCUT2D eigenvalue weighted by Gasteiger charge is 2.05. The third-order valence-corrected chi connectivity index (χ3v) is 1.35. The predicted molar refractivity (Wildman–Crippen MR) is 82.2 cm³/mol. The van der Waals surface area contributed by atoms with E-state index in [1.165, 1.54) is 19.3 Å². The molecule has 0 saturated carbocycles. The Morgan fingerprint density at radius 1 is 0.750 bits per heavy atom. The third kappa shape index (κ3) is 49.1. The van der Waals surface area contributed by atoms with E-state index in [-0.39, 0.29) is 0 Å². The first-order valence-electron chi connectivity index (χ1n) is 7.21. The van der Waals surface area contributed by atoms with Crippen LogP contribution in [0.2, 0.25) is 0 Å². The smallest absolute Gasteiger partial charge is 0.0302 e. The van der Waals surface area contributed by atoms with Gasteiger partial charge >= 0.3 is 0 Å². The van der Waals surface area contributed by atoms with Crippen LogP contribution in [0.5, 0.6) is 0 Å². The molecule has 0 aliphatic carbocycles. The highest BCUT2D eigenvalue weighted by Crippen LogP contribution is 2.18. The monoisotopic (exact) mass is 230 g/mol. The summed E-state index contributed by atoms with van der Waals surface area (Å²) >= 11 is 0. The van der Waals surface area contributed by atoms with Gasteiger partial charge in [0.25, 0.3) is 0 Å². The van der Waals surface area contributed by atoms with Crippen molar-refractivity contribution in [3.63, 3.8) is 0 Å². The Hall–Kier alpha value is -0.260. The van der Waals surface area contributed by atoms with Crippen LogP contribution in [0, 0.1) is 5.41 Å². The van der Waals surface area contributed by atoms with Crippen LogP contribution in [0.4, 0.5) is 0 Å². The molecule has 0 nitrogen and oxygen atoms in total. The molecule has 0 aromatic heterocycles. The molecule has 0 unspecified atom stereocenters. The summed E-state index contributed by atoms with van der Waals surface area (Å²) in [5.41, 5.74) is 0.463. The Kier molecular flexibility index (Phi) is 37.4. The lowest BCUT2D eigenvalue weighted by molar-refractivity contribution is 0.420. The molecule has 0 aromatic carbocycles. The average molecular weight is 230 g/mol. The lowest BCUT2D eigenvalue weighted by atomic mass is 9.92. The molecule has 0 aliphatic rings. The van der Waals surface area contributed by atoms with E-state index in [2.05, 4.69) is 39.8 Å². The standard InChI is InChI=1S/C10H20.3C2H6/c1-5-6-7-8-9-10(2,3)4;3*1-2/h7-8H,5-6,9H2,1-4H3;3*1-2H3/b8-7-;;;. The van der Waals surface area contributed by atoms with Crippen LogP contribution in [0.25, 0.3) is 0 Å². The molecule has 0 saturated heterocycles. The number of allylic oxidation sites excluding steroid dienone is 2. The molecule has 0 amide bonds. The summed E-state index contributed by atoms with van der Waals surface area (Å²) in [5, 5.41) is 0. The SMILES string of the molecule is CC.CC.CC.CCC/C=C\CC(C)(C)C. The van der Waals surface area contributed by atoms with Gasteiger partial charge in [-0.1, -0.05) is 87.8 Å². The minimum atomic E-state index is 0.463. The van der Waals surface area contributed by atoms with Crippen LogP contribution in [-0.2, 0) is 0 Å². The summed E-state index contributed by atoms with van der Waals surface area (Å²) in [6, 6.07) is 0. The Morgan fingerprint density at radius 3 is 1.38 bits per heavy atom. The molecule has 0 N–H and O–H groups in total. The van der Waals surface area contributed by atoms with E-state index in [9.17, 15) is 0 Å². The van der Waals surface area contributed by atoms with Crippen molar-refractivity contribution in [1.82, 2.24) is 0 Å². The van der Waals surface area contributed by atoms with Crippen LogP contribution in [0.3, 0.4) is 0 Å². The van der Waals surface area contributed by atoms with Crippen LogP contribution in [-0.4, -0.2) is 0 Å². The summed E-state index contributed by atoms with van der Waals surface area (Å²) in [7, 11) is 0. The molecule has 0 spiro atoms. The van der Waals surface area contributed by atoms with Crippen LogP contribution in [0.1, 0.15) is 88.5 Å². The van der Waals surface area contributed by atoms with Gasteiger partial charge in [0.05, 0.1) is 0 Å². The first-order chi connectivity index (χ1) is 7.56. The van der Waals surface area contributed by atoms with Gasteiger partial charge in [0.1, 0.15) is 0 Å². The summed E-state index contributed by atoms with van der Waals surface area (Å²) in [4.78, 5) is 0. The second kappa shape index (κ2) is 24.1. The highest BCUT2D eigenvalue weighted by molar-refractivity contribution is 4.85. The fourth-order valence-electron chi connectivity index (χ4n) is 0.721. The Labute approximate surface area is 107 Å². The second-order valence-corrected chi connectivity index (χ2v) is 4.02. The quantitative estimate of drug-likeness (QED) is 0.465. The van der Waals surface area contributed by atoms with E-state index in [1.54, 1.807) is 0 Å². The van der Waals surface area contributed by atoms with Crippen LogP contribution < -0.4 is 0 Å². The number of hydrogen-bond acceptors (Lipinski definition) is 0. The third-order valence-electron chi connectivity index (χ3n) is 1.35. The zero-order chi connectivity index (χ0) is 14.0. The van der Waals surface area contributed by atoms with Gasteiger partial charge in [0.15, 0.2) is 0 Å². The van der Waals surface area contributed by atoms with Crippen molar-refractivity contribution >= 4 is 0 Å². The van der Waals surface area contributed by atoms with Gasteiger partial charge in [0.2, 0.25) is 0 Å². The predicted octanol–water partition coefficient (Wildman–Crippen LogP) is 6.86. The maximum absolute atomic E-state index is 2.30. The van der Waals surface area contributed by atoms with Gasteiger partial charge in [-0.2, -0.15) is 0 Å². The minimum Gasteiger partial charge on any atom is -0.0885 e. The Balaban J connectivity index is -0.000000103. The lowest BCUT2D eigenvalue weighted by Crippen LogP contribution is -2.01. The zero-order valence-electron chi connectivity index (χ0n) is 13.8. The summed E-state index contributed by atoms with van der Waals surface area (Å²) in [6.07, 6.45) is 8.28. The summed E-state index contributed by atoms with van der Waals surface area (Å²) < 4.78 is 0. The van der Waals surface area contributed by atoms with Crippen LogP contribution in [0.15, 0.2) is 12.2 Å². The maximum Gasteiger partial charge on any atom is -0.0302 e. The van der Waals surface area contributed by atoms with Gasteiger partial charge in [-0.15, -0.1) is 0 Å². The van der Waals surface area contributed by atoms with Crippen molar-refractivity contribution < 1.29 is 0 Å². The van der Waals surface area contributed by atoms with Crippen molar-refractivity contribution in [3.8, 4) is 0 Å².